The molecule has 0 aliphatic heterocycles. The van der Waals surface area contributed by atoms with Gasteiger partial charge in [-0.15, -0.1) is 0 Å². The summed E-state index contributed by atoms with van der Waals surface area (Å²) in [5.41, 5.74) is 0.719. The van der Waals surface area contributed by atoms with Gasteiger partial charge >= 0.3 is 12.0 Å². The highest BCUT2D eigenvalue weighted by Crippen LogP contribution is 2.34. The van der Waals surface area contributed by atoms with Gasteiger partial charge in [0.1, 0.15) is 0 Å². The average Bonchev–Trinajstić information content (AvgIpc) is 2.42. The van der Waals surface area contributed by atoms with E-state index in [0.29, 0.717) is 6.54 Å². The fraction of sp³-hybridized carbons (Fsp3) is 0.500. The Balaban J connectivity index is 1.66. The predicted octanol–water partition coefficient (Wildman–Crippen LogP) is 2.32. The number of hydrogen-bond donors (Lipinski definition) is 3. The minimum Gasteiger partial charge on any atom is -0.481 e. The van der Waals surface area contributed by atoms with Gasteiger partial charge in [0, 0.05) is 6.54 Å². The van der Waals surface area contributed by atoms with Crippen molar-refractivity contribution in [1.29, 1.82) is 0 Å². The maximum atomic E-state index is 11.8. The van der Waals surface area contributed by atoms with Crippen LogP contribution < -0.4 is 10.6 Å². The maximum Gasteiger partial charge on any atom is 0.315 e. The summed E-state index contributed by atoms with van der Waals surface area (Å²) < 4.78 is 0. The van der Waals surface area contributed by atoms with Crippen molar-refractivity contribution in [2.24, 2.45) is 0 Å². The zero-order chi connectivity index (χ0) is 15.1. The van der Waals surface area contributed by atoms with Gasteiger partial charge in [-0.25, -0.2) is 4.79 Å². The largest absolute Gasteiger partial charge is 0.481 e. The summed E-state index contributed by atoms with van der Waals surface area (Å²) in [7, 11) is 0. The molecular formula is C16H22N2O3. The molecule has 1 fully saturated rings. The second-order valence-electron chi connectivity index (χ2n) is 5.67. The molecule has 0 spiro atoms. The molecule has 0 heterocycles. The Morgan fingerprint density at radius 2 is 1.90 bits per heavy atom. The van der Waals surface area contributed by atoms with E-state index in [1.165, 1.54) is 5.56 Å². The summed E-state index contributed by atoms with van der Waals surface area (Å²) in [6.07, 6.45) is 4.25. The Bertz CT molecular complexity index is 484. The second-order valence-corrected chi connectivity index (χ2v) is 5.67. The molecule has 1 aliphatic carbocycles. The Morgan fingerprint density at radius 3 is 2.48 bits per heavy atom. The summed E-state index contributed by atoms with van der Waals surface area (Å²) in [5.74, 6) is -0.862. The smallest absolute Gasteiger partial charge is 0.315 e. The molecule has 2 rings (SSSR count). The van der Waals surface area contributed by atoms with Gasteiger partial charge in [0.25, 0.3) is 0 Å². The highest BCUT2D eigenvalue weighted by atomic mass is 16.4. The van der Waals surface area contributed by atoms with Crippen molar-refractivity contribution in [1.82, 2.24) is 10.6 Å². The molecule has 1 aliphatic rings. The van der Waals surface area contributed by atoms with E-state index < -0.39 is 11.5 Å². The zero-order valence-corrected chi connectivity index (χ0v) is 12.1. The molecule has 1 aromatic carbocycles. The van der Waals surface area contributed by atoms with Crippen LogP contribution in [0.1, 0.15) is 37.7 Å². The Labute approximate surface area is 124 Å². The van der Waals surface area contributed by atoms with Gasteiger partial charge in [-0.1, -0.05) is 30.3 Å². The van der Waals surface area contributed by atoms with E-state index in [4.69, 9.17) is 5.11 Å². The summed E-state index contributed by atoms with van der Waals surface area (Å²) in [5, 5.41) is 14.5. The van der Waals surface area contributed by atoms with Crippen LogP contribution in [0, 0.1) is 0 Å². The first-order valence-corrected chi connectivity index (χ1v) is 7.41. The lowest BCUT2D eigenvalue weighted by Crippen LogP contribution is -2.57. The lowest BCUT2D eigenvalue weighted by Gasteiger charge is -2.41. The third-order valence-electron chi connectivity index (χ3n) is 3.95. The first kappa shape index (κ1) is 15.4. The van der Waals surface area contributed by atoms with E-state index in [1.54, 1.807) is 0 Å². The first-order chi connectivity index (χ1) is 10.1. The minimum atomic E-state index is -0.862. The van der Waals surface area contributed by atoms with E-state index in [0.717, 1.165) is 32.1 Å². The van der Waals surface area contributed by atoms with E-state index in [1.807, 2.05) is 18.2 Å². The van der Waals surface area contributed by atoms with E-state index >= 15 is 0 Å². The molecular weight excluding hydrogens is 268 g/mol. The van der Waals surface area contributed by atoms with Crippen LogP contribution >= 0.6 is 0 Å². The number of aryl methyl sites for hydroxylation is 1. The number of carbonyl (C=O) groups is 2. The molecule has 3 N–H and O–H groups in total. The maximum absolute atomic E-state index is 11.8. The van der Waals surface area contributed by atoms with Crippen molar-refractivity contribution in [2.75, 3.05) is 6.54 Å². The molecule has 0 bridgehead atoms. The molecule has 1 saturated carbocycles. The van der Waals surface area contributed by atoms with Crippen molar-refractivity contribution < 1.29 is 14.7 Å². The van der Waals surface area contributed by atoms with Gasteiger partial charge in [0.15, 0.2) is 0 Å². The summed E-state index contributed by atoms with van der Waals surface area (Å²) >= 11 is 0. The lowest BCUT2D eigenvalue weighted by atomic mass is 9.74. The average molecular weight is 290 g/mol. The van der Waals surface area contributed by atoms with Crippen molar-refractivity contribution in [3.05, 3.63) is 35.9 Å². The Kier molecular flexibility index (Phi) is 5.20. The molecule has 5 nitrogen and oxygen atoms in total. The number of hydrogen-bond acceptors (Lipinski definition) is 2. The quantitative estimate of drug-likeness (QED) is 0.674. The zero-order valence-electron chi connectivity index (χ0n) is 12.1. The van der Waals surface area contributed by atoms with Crippen molar-refractivity contribution in [3.63, 3.8) is 0 Å². The fourth-order valence-corrected chi connectivity index (χ4v) is 2.66. The molecule has 2 amide bonds. The normalized spacial score (nSPS) is 15.8. The van der Waals surface area contributed by atoms with Gasteiger partial charge in [-0.05, 0) is 37.7 Å². The van der Waals surface area contributed by atoms with Gasteiger partial charge in [0.2, 0.25) is 0 Å². The minimum absolute atomic E-state index is 0.00440. The van der Waals surface area contributed by atoms with E-state index in [9.17, 15) is 9.59 Å². The van der Waals surface area contributed by atoms with Crippen LogP contribution in [0.25, 0.3) is 0 Å². The molecule has 0 radical (unpaired) electrons. The van der Waals surface area contributed by atoms with Crippen LogP contribution in [0.15, 0.2) is 30.3 Å². The van der Waals surface area contributed by atoms with Crippen LogP contribution in [0.5, 0.6) is 0 Å². The number of nitrogens with one attached hydrogen (secondary N) is 2. The van der Waals surface area contributed by atoms with Gasteiger partial charge < -0.3 is 15.7 Å². The Hall–Kier alpha value is -2.04. The number of rotatable bonds is 7. The molecule has 5 heteroatoms. The standard InChI is InChI=1S/C16H22N2O3/c19-14(20)12-16(9-5-10-16)18-15(21)17-11-4-8-13-6-2-1-3-7-13/h1-3,6-7H,4-5,8-12H2,(H,19,20)(H2,17,18,21). The fourth-order valence-electron chi connectivity index (χ4n) is 2.66. The SMILES string of the molecule is O=C(O)CC1(NC(=O)NCCCc2ccccc2)CCC1. The van der Waals surface area contributed by atoms with E-state index in [-0.39, 0.29) is 12.5 Å². The summed E-state index contributed by atoms with van der Waals surface area (Å²) in [6, 6.07) is 9.86. The third kappa shape index (κ3) is 4.77. The molecule has 0 aromatic heterocycles. The van der Waals surface area contributed by atoms with Gasteiger partial charge in [0.05, 0.1) is 12.0 Å². The topological polar surface area (TPSA) is 78.4 Å². The van der Waals surface area contributed by atoms with Crippen LogP contribution in [0.2, 0.25) is 0 Å². The molecule has 0 unspecified atom stereocenters. The molecule has 0 atom stereocenters. The number of carboxylic acids is 1. The summed E-state index contributed by atoms with van der Waals surface area (Å²) in [6.45, 7) is 0.587. The molecule has 21 heavy (non-hydrogen) atoms. The van der Waals surface area contributed by atoms with Crippen molar-refractivity contribution in [2.45, 2.75) is 44.1 Å². The highest BCUT2D eigenvalue weighted by Gasteiger charge is 2.40. The first-order valence-electron chi connectivity index (χ1n) is 7.41. The van der Waals surface area contributed by atoms with Crippen molar-refractivity contribution >= 4 is 12.0 Å². The monoisotopic (exact) mass is 290 g/mol. The number of aliphatic carboxylic acids is 1. The van der Waals surface area contributed by atoms with Gasteiger partial charge in [-0.3, -0.25) is 4.79 Å². The number of benzene rings is 1. The lowest BCUT2D eigenvalue weighted by molar-refractivity contribution is -0.139. The highest BCUT2D eigenvalue weighted by molar-refractivity contribution is 5.77. The van der Waals surface area contributed by atoms with Crippen LogP contribution in [0.3, 0.4) is 0 Å². The van der Waals surface area contributed by atoms with Crippen LogP contribution in [-0.4, -0.2) is 29.2 Å². The Morgan fingerprint density at radius 1 is 1.19 bits per heavy atom. The second kappa shape index (κ2) is 7.11. The predicted molar refractivity (Wildman–Crippen MR) is 80.1 cm³/mol. The van der Waals surface area contributed by atoms with Crippen molar-refractivity contribution in [3.8, 4) is 0 Å². The van der Waals surface area contributed by atoms with E-state index in [2.05, 4.69) is 22.8 Å². The molecule has 114 valence electrons. The van der Waals surface area contributed by atoms with Crippen LogP contribution in [0.4, 0.5) is 4.79 Å². The van der Waals surface area contributed by atoms with Gasteiger partial charge in [-0.2, -0.15) is 0 Å². The third-order valence-corrected chi connectivity index (χ3v) is 3.95. The number of carbonyl (C=O) groups excluding carboxylic acids is 1. The summed E-state index contributed by atoms with van der Waals surface area (Å²) in [4.78, 5) is 22.7. The number of urea groups is 1. The number of amides is 2. The number of carboxylic acid groups (broad SMARTS) is 1. The molecule has 1 aromatic rings. The van der Waals surface area contributed by atoms with Crippen LogP contribution in [-0.2, 0) is 11.2 Å². The molecule has 0 saturated heterocycles.